The van der Waals surface area contributed by atoms with Crippen LogP contribution in [0.3, 0.4) is 0 Å². The zero-order chi connectivity index (χ0) is 14.4. The molecule has 2 amide bonds. The van der Waals surface area contributed by atoms with Crippen LogP contribution in [0.25, 0.3) is 0 Å². The van der Waals surface area contributed by atoms with Crippen LogP contribution in [0.4, 0.5) is 5.69 Å². The smallest absolute Gasteiger partial charge is 0.231 e. The summed E-state index contributed by atoms with van der Waals surface area (Å²) < 4.78 is 0. The number of benzene rings is 1. The molecule has 2 unspecified atom stereocenters. The van der Waals surface area contributed by atoms with Crippen LogP contribution in [0.2, 0.25) is 0 Å². The van der Waals surface area contributed by atoms with Crippen molar-refractivity contribution in [2.45, 2.75) is 26.3 Å². The molecule has 0 aliphatic heterocycles. The Morgan fingerprint density at radius 1 is 1.20 bits per heavy atom. The maximum Gasteiger partial charge on any atom is 0.231 e. The summed E-state index contributed by atoms with van der Waals surface area (Å²) in [5.41, 5.74) is 11.7. The maximum absolute atomic E-state index is 12.4. The minimum absolute atomic E-state index is 0. The second-order valence-corrected chi connectivity index (χ2v) is 4.69. The Hall–Kier alpha value is -1.59. The molecule has 0 saturated carbocycles. The van der Waals surface area contributed by atoms with Crippen LogP contribution in [-0.4, -0.2) is 24.4 Å². The maximum atomic E-state index is 12.4. The van der Waals surface area contributed by atoms with Gasteiger partial charge in [-0.05, 0) is 19.1 Å². The monoisotopic (exact) mass is 299 g/mol. The lowest BCUT2D eigenvalue weighted by Gasteiger charge is -2.27. The summed E-state index contributed by atoms with van der Waals surface area (Å²) in [5, 5.41) is 0. The molecule has 0 bridgehead atoms. The third-order valence-corrected chi connectivity index (χ3v) is 3.09. The lowest BCUT2D eigenvalue weighted by molar-refractivity contribution is -0.122. The Morgan fingerprint density at radius 3 is 2.20 bits per heavy atom. The van der Waals surface area contributed by atoms with Crippen molar-refractivity contribution in [3.63, 3.8) is 0 Å². The van der Waals surface area contributed by atoms with E-state index in [-0.39, 0.29) is 43.2 Å². The SMILES string of the molecule is CC(N)C(C)C(=O)N(CCC(N)=O)c1ccccc1.Cl. The van der Waals surface area contributed by atoms with E-state index >= 15 is 0 Å². The van der Waals surface area contributed by atoms with Gasteiger partial charge >= 0.3 is 0 Å². The molecule has 4 N–H and O–H groups in total. The number of rotatable bonds is 6. The summed E-state index contributed by atoms with van der Waals surface area (Å²) in [6.45, 7) is 3.85. The Balaban J connectivity index is 0.00000361. The normalized spacial score (nSPS) is 12.9. The van der Waals surface area contributed by atoms with Gasteiger partial charge in [-0.3, -0.25) is 9.59 Å². The van der Waals surface area contributed by atoms with Gasteiger partial charge < -0.3 is 16.4 Å². The standard InChI is InChI=1S/C14H21N3O2.ClH/c1-10(11(2)15)14(19)17(9-8-13(16)18)12-6-4-3-5-7-12;/h3-7,10-11H,8-9,15H2,1-2H3,(H2,16,18);1H. The Labute approximate surface area is 125 Å². The predicted octanol–water partition coefficient (Wildman–Crippen LogP) is 1.30. The molecule has 20 heavy (non-hydrogen) atoms. The first-order valence-corrected chi connectivity index (χ1v) is 6.33. The summed E-state index contributed by atoms with van der Waals surface area (Å²) in [6.07, 6.45) is 0.131. The molecule has 0 aromatic heterocycles. The molecule has 0 saturated heterocycles. The van der Waals surface area contributed by atoms with Gasteiger partial charge in [0.1, 0.15) is 0 Å². The highest BCUT2D eigenvalue weighted by Gasteiger charge is 2.24. The van der Waals surface area contributed by atoms with Crippen LogP contribution in [-0.2, 0) is 9.59 Å². The molecule has 0 aliphatic rings. The van der Waals surface area contributed by atoms with E-state index in [2.05, 4.69) is 0 Å². The number of carbonyl (C=O) groups excluding carboxylic acids is 2. The fourth-order valence-corrected chi connectivity index (χ4v) is 1.67. The lowest BCUT2D eigenvalue weighted by atomic mass is 10.0. The molecular formula is C14H22ClN3O2. The summed E-state index contributed by atoms with van der Waals surface area (Å²) in [5.74, 6) is -0.835. The van der Waals surface area contributed by atoms with Gasteiger partial charge in [-0.15, -0.1) is 12.4 Å². The molecule has 0 fully saturated rings. The van der Waals surface area contributed by atoms with Gasteiger partial charge in [-0.25, -0.2) is 0 Å². The third kappa shape index (κ3) is 5.19. The van der Waals surface area contributed by atoms with E-state index in [0.717, 1.165) is 5.69 Å². The molecular weight excluding hydrogens is 278 g/mol. The van der Waals surface area contributed by atoms with Crippen LogP contribution in [0.5, 0.6) is 0 Å². The van der Waals surface area contributed by atoms with E-state index in [1.807, 2.05) is 30.3 Å². The van der Waals surface area contributed by atoms with Gasteiger partial charge in [-0.2, -0.15) is 0 Å². The average molecular weight is 300 g/mol. The number of anilines is 1. The van der Waals surface area contributed by atoms with Crippen LogP contribution in [0.1, 0.15) is 20.3 Å². The minimum atomic E-state index is -0.429. The number of halogens is 1. The number of primary amides is 1. The summed E-state index contributed by atoms with van der Waals surface area (Å²) in [6, 6.07) is 8.97. The highest BCUT2D eigenvalue weighted by atomic mass is 35.5. The third-order valence-electron chi connectivity index (χ3n) is 3.09. The van der Waals surface area contributed by atoms with Gasteiger partial charge in [0.25, 0.3) is 0 Å². The molecule has 1 aromatic rings. The molecule has 6 heteroatoms. The largest absolute Gasteiger partial charge is 0.370 e. The average Bonchev–Trinajstić information content (AvgIpc) is 2.38. The van der Waals surface area contributed by atoms with Crippen molar-refractivity contribution < 1.29 is 9.59 Å². The second kappa shape index (κ2) is 8.55. The van der Waals surface area contributed by atoms with Crippen molar-refractivity contribution in [3.8, 4) is 0 Å². The Morgan fingerprint density at radius 2 is 1.75 bits per heavy atom. The molecule has 0 radical (unpaired) electrons. The van der Waals surface area contributed by atoms with Crippen molar-refractivity contribution in [1.82, 2.24) is 0 Å². The Kier molecular flexibility index (Phi) is 7.87. The number of hydrogen-bond acceptors (Lipinski definition) is 3. The van der Waals surface area contributed by atoms with Crippen molar-refractivity contribution in [1.29, 1.82) is 0 Å². The van der Waals surface area contributed by atoms with E-state index in [4.69, 9.17) is 11.5 Å². The van der Waals surface area contributed by atoms with Gasteiger partial charge in [0.2, 0.25) is 11.8 Å². The van der Waals surface area contributed by atoms with Crippen molar-refractivity contribution in [2.75, 3.05) is 11.4 Å². The fraction of sp³-hybridized carbons (Fsp3) is 0.429. The van der Waals surface area contributed by atoms with E-state index in [1.165, 1.54) is 0 Å². The van der Waals surface area contributed by atoms with Crippen molar-refractivity contribution in [3.05, 3.63) is 30.3 Å². The molecule has 1 aromatic carbocycles. The van der Waals surface area contributed by atoms with Gasteiger partial charge in [0.05, 0.1) is 5.92 Å². The highest BCUT2D eigenvalue weighted by molar-refractivity contribution is 5.95. The quantitative estimate of drug-likeness (QED) is 0.829. The first kappa shape index (κ1) is 18.4. The van der Waals surface area contributed by atoms with Crippen LogP contribution >= 0.6 is 12.4 Å². The van der Waals surface area contributed by atoms with Crippen LogP contribution < -0.4 is 16.4 Å². The molecule has 5 nitrogen and oxygen atoms in total. The predicted molar refractivity (Wildman–Crippen MR) is 82.7 cm³/mol. The van der Waals surface area contributed by atoms with Gasteiger partial charge in [0, 0.05) is 24.7 Å². The number of para-hydroxylation sites is 1. The Bertz CT molecular complexity index is 437. The number of carbonyl (C=O) groups is 2. The molecule has 0 spiro atoms. The summed E-state index contributed by atoms with van der Waals surface area (Å²) >= 11 is 0. The molecule has 112 valence electrons. The molecule has 0 aliphatic carbocycles. The first-order chi connectivity index (χ1) is 8.93. The minimum Gasteiger partial charge on any atom is -0.370 e. The number of nitrogens with two attached hydrogens (primary N) is 2. The van der Waals surface area contributed by atoms with E-state index in [9.17, 15) is 9.59 Å². The highest BCUT2D eigenvalue weighted by Crippen LogP contribution is 2.17. The number of amides is 2. The van der Waals surface area contributed by atoms with E-state index in [1.54, 1.807) is 18.7 Å². The van der Waals surface area contributed by atoms with E-state index in [0.29, 0.717) is 0 Å². The molecule has 0 heterocycles. The zero-order valence-electron chi connectivity index (χ0n) is 11.8. The summed E-state index contributed by atoms with van der Waals surface area (Å²) in [4.78, 5) is 24.9. The van der Waals surface area contributed by atoms with Crippen LogP contribution in [0.15, 0.2) is 30.3 Å². The number of nitrogens with zero attached hydrogens (tertiary/aromatic N) is 1. The first-order valence-electron chi connectivity index (χ1n) is 6.33. The van der Waals surface area contributed by atoms with Gasteiger partial charge in [-0.1, -0.05) is 25.1 Å². The molecule has 2 atom stereocenters. The number of hydrogen-bond donors (Lipinski definition) is 2. The molecule has 1 rings (SSSR count). The lowest BCUT2D eigenvalue weighted by Crippen LogP contribution is -2.43. The van der Waals surface area contributed by atoms with Crippen molar-refractivity contribution in [2.24, 2.45) is 17.4 Å². The zero-order valence-corrected chi connectivity index (χ0v) is 12.6. The summed E-state index contributed by atoms with van der Waals surface area (Å²) in [7, 11) is 0. The van der Waals surface area contributed by atoms with Gasteiger partial charge in [0.15, 0.2) is 0 Å². The van der Waals surface area contributed by atoms with Crippen molar-refractivity contribution >= 4 is 29.9 Å². The van der Waals surface area contributed by atoms with Crippen LogP contribution in [0, 0.1) is 5.92 Å². The topological polar surface area (TPSA) is 89.4 Å². The second-order valence-electron chi connectivity index (χ2n) is 4.69. The van der Waals surface area contributed by atoms with E-state index < -0.39 is 5.91 Å². The fourth-order valence-electron chi connectivity index (χ4n) is 1.67.